The Labute approximate surface area is 595 Å². The third kappa shape index (κ3) is 11.8. The van der Waals surface area contributed by atoms with Crippen LogP contribution in [-0.2, 0) is 13.6 Å². The Morgan fingerprint density at radius 2 is 0.818 bits per heavy atom. The van der Waals surface area contributed by atoms with Gasteiger partial charge in [-0.1, -0.05) is 266 Å². The summed E-state index contributed by atoms with van der Waals surface area (Å²) in [6.07, 6.45) is 5.91. The van der Waals surface area contributed by atoms with Crippen LogP contribution in [-0.4, -0.2) is 48.4 Å². The number of hydrogen-bond acceptors (Lipinski definition) is 8. The van der Waals surface area contributed by atoms with Gasteiger partial charge >= 0.3 is 34.2 Å². The number of imidazole rings is 1. The minimum Gasteiger partial charge on any atom is -0.517 e. The van der Waals surface area contributed by atoms with Crippen LogP contribution in [0.15, 0.2) is 164 Å². The van der Waals surface area contributed by atoms with Gasteiger partial charge in [0.15, 0.2) is 0 Å². The second-order valence-corrected chi connectivity index (χ2v) is 56.5. The average Bonchev–Trinajstić information content (AvgIpc) is 1.63. The maximum absolute atomic E-state index is 8.08. The Kier molecular flexibility index (Phi) is 17.1. The topological polar surface area (TPSA) is 91.2 Å². The van der Waals surface area contributed by atoms with Crippen molar-refractivity contribution in [3.05, 3.63) is 176 Å². The molecule has 0 atom stereocenters. The van der Waals surface area contributed by atoms with Crippen LogP contribution in [0.25, 0.3) is 72.3 Å². The normalized spacial score (nSPS) is 16.8. The lowest BCUT2D eigenvalue weighted by Gasteiger charge is -2.56. The average molecular weight is 1400 g/mol. The third-order valence-electron chi connectivity index (χ3n) is 20.6. The van der Waals surface area contributed by atoms with E-state index in [-0.39, 0.29) is 45.7 Å². The third-order valence-corrected chi connectivity index (χ3v) is 43.0. The molecular weight excluding hydrogens is 1290 g/mol. The summed E-state index contributed by atoms with van der Waals surface area (Å²) in [6, 6.07) is 55.9. The second kappa shape index (κ2) is 23.7. The van der Waals surface area contributed by atoms with Gasteiger partial charge in [-0.05, 0) is 106 Å². The van der Waals surface area contributed by atoms with Crippen LogP contribution < -0.4 is 27.0 Å². The fourth-order valence-electron chi connectivity index (χ4n) is 16.5. The summed E-state index contributed by atoms with van der Waals surface area (Å²) in [4.78, 5) is 4.96. The molecule has 7 aromatic carbocycles. The predicted octanol–water partition coefficient (Wildman–Crippen LogP) is 24.4. The summed E-state index contributed by atoms with van der Waals surface area (Å²) in [5.41, 5.74) is 10.7. The van der Waals surface area contributed by atoms with E-state index >= 15 is 0 Å². The Hall–Kier alpha value is -7.25. The maximum Gasteiger partial charge on any atom is 0.402 e. The Balaban J connectivity index is 1.07. The molecule has 0 spiro atoms. The van der Waals surface area contributed by atoms with Crippen molar-refractivity contribution in [2.45, 2.75) is 233 Å². The van der Waals surface area contributed by atoms with Gasteiger partial charge in [0, 0.05) is 63.3 Å². The number of rotatable bonds is 7. The molecule has 0 radical (unpaired) electrons. The van der Waals surface area contributed by atoms with Crippen LogP contribution in [0.4, 0.5) is 0 Å². The first-order valence-corrected chi connectivity index (χ1v) is 42.8. The summed E-state index contributed by atoms with van der Waals surface area (Å²) >= 11 is 0. The van der Waals surface area contributed by atoms with Crippen molar-refractivity contribution in [1.82, 2.24) is 14.1 Å². The zero-order valence-electron chi connectivity index (χ0n) is 64.2. The van der Waals surface area contributed by atoms with Gasteiger partial charge in [-0.2, -0.15) is 0 Å². The van der Waals surface area contributed by atoms with Gasteiger partial charge in [0.25, 0.3) is 6.33 Å². The van der Waals surface area contributed by atoms with Gasteiger partial charge in [-0.25, -0.2) is 4.98 Å². The van der Waals surface area contributed by atoms with Crippen LogP contribution in [0.1, 0.15) is 193 Å². The van der Waals surface area contributed by atoms with E-state index in [1.165, 1.54) is 5.56 Å². The molecule has 12 rings (SSSR count). The molecule has 99 heavy (non-hydrogen) atoms. The fraction of sp³-hybridized carbons (Fsp3) is 0.429. The van der Waals surface area contributed by atoms with E-state index in [4.69, 9.17) is 35.7 Å². The SMILES string of the molecule is CC(C)(C)c1ccnc(-n2c3ccccc3c3ccc(Oc4cccc(-n5[c-][n+](-c6c(-c7ccc8c(c7)O[Si](C(C)(C)C)(C(C)(C)C)O[Si](C(C)(C)C)(C(C)(C)C)O8)cccc6-c6ccc7c(c6)O[Si](C(C)(C)C)(C(C)(C)C)O[Si](C(C)(C)C)(C(C)(C)C)O7)c6ccccc65)c4)cc32)c1. The van der Waals surface area contributed by atoms with E-state index in [1.807, 2.05) is 12.3 Å². The van der Waals surface area contributed by atoms with Gasteiger partial charge in [-0.3, -0.25) is 13.7 Å². The second-order valence-electron chi connectivity index (χ2n) is 37.1. The molecule has 0 N–H and O–H groups in total. The Bertz CT molecular complexity index is 4570. The van der Waals surface area contributed by atoms with Gasteiger partial charge in [0.05, 0.1) is 33.4 Å². The van der Waals surface area contributed by atoms with Gasteiger partial charge in [0.2, 0.25) is 0 Å². The van der Waals surface area contributed by atoms with E-state index in [0.717, 1.165) is 72.3 Å². The van der Waals surface area contributed by atoms with Crippen LogP contribution >= 0.6 is 0 Å². The van der Waals surface area contributed by atoms with E-state index in [0.29, 0.717) is 34.5 Å². The predicted molar refractivity (Wildman–Crippen MR) is 417 cm³/mol. The number of aromatic nitrogens is 4. The first-order valence-electron chi connectivity index (χ1n) is 35.5. The van der Waals surface area contributed by atoms with Crippen molar-refractivity contribution >= 4 is 67.1 Å². The lowest BCUT2D eigenvalue weighted by Crippen LogP contribution is -2.70. The summed E-state index contributed by atoms with van der Waals surface area (Å²) in [7, 11) is -13.3. The molecule has 15 heteroatoms. The van der Waals surface area contributed by atoms with E-state index in [2.05, 4.69) is 359 Å². The highest BCUT2D eigenvalue weighted by Gasteiger charge is 2.73. The smallest absolute Gasteiger partial charge is 0.402 e. The molecule has 0 saturated carbocycles. The highest BCUT2D eigenvalue weighted by atomic mass is 28.5. The molecule has 0 aliphatic carbocycles. The van der Waals surface area contributed by atoms with Crippen molar-refractivity contribution in [3.63, 3.8) is 0 Å². The van der Waals surface area contributed by atoms with E-state index in [9.17, 15) is 0 Å². The minimum absolute atomic E-state index is 0.0575. The first kappa shape index (κ1) is 71.6. The Morgan fingerprint density at radius 3 is 1.30 bits per heavy atom. The van der Waals surface area contributed by atoms with Crippen molar-refractivity contribution in [3.8, 4) is 73.9 Å². The number of ether oxygens (including phenoxy) is 1. The molecule has 2 aliphatic heterocycles. The Morgan fingerprint density at radius 1 is 0.384 bits per heavy atom. The van der Waals surface area contributed by atoms with E-state index < -0.39 is 34.2 Å². The number of nitrogens with zero attached hydrogens (tertiary/aromatic N) is 4. The summed E-state index contributed by atoms with van der Waals surface area (Å²) < 4.78 is 60.9. The molecule has 0 fully saturated rings. The summed E-state index contributed by atoms with van der Waals surface area (Å²) in [5.74, 6) is 5.05. The largest absolute Gasteiger partial charge is 0.517 e. The molecular formula is C84H108N4O7Si4. The molecule has 5 heterocycles. The number of para-hydroxylation sites is 4. The number of fused-ring (bicyclic) bond motifs is 6. The van der Waals surface area contributed by atoms with Crippen molar-refractivity contribution in [1.29, 1.82) is 0 Å². The van der Waals surface area contributed by atoms with Crippen molar-refractivity contribution < 1.29 is 35.2 Å². The minimum atomic E-state index is -3.36. The van der Waals surface area contributed by atoms with Crippen LogP contribution in [0, 0.1) is 6.33 Å². The molecule has 3 aromatic heterocycles. The molecule has 11 nitrogen and oxygen atoms in total. The molecule has 522 valence electrons. The van der Waals surface area contributed by atoms with Crippen LogP contribution in [0.3, 0.4) is 0 Å². The maximum atomic E-state index is 8.08. The number of benzene rings is 7. The monoisotopic (exact) mass is 1400 g/mol. The number of hydrogen-bond donors (Lipinski definition) is 0. The van der Waals surface area contributed by atoms with Crippen molar-refractivity contribution in [2.75, 3.05) is 0 Å². The highest BCUT2D eigenvalue weighted by molar-refractivity contribution is 6.88. The zero-order chi connectivity index (χ0) is 72.2. The lowest BCUT2D eigenvalue weighted by molar-refractivity contribution is -0.571. The summed E-state index contributed by atoms with van der Waals surface area (Å²) in [5, 5.41) is -0.603. The molecule has 2 aliphatic rings. The number of pyridine rings is 1. The molecule has 10 aromatic rings. The standard InChI is InChI=1S/C84H108N4O7Si4/c1-76(2,3)58-48-49-85-74(52-58)88-66-39-29-28-36-64(66)65-45-44-61(54-69(65)88)89-60-35-32-34-59(53-60)86-55-87(68-41-31-30-40-67(68)86)75-62(56-42-46-70-72(50-56)92-98(81(16,17)18,82(19,20)21)94-96(90-70,77(4,5)6)78(7,8)9)37-33-38-63(75)57-43-47-71-73(51-57)93-99(83(22,23)24,84(25,26)27)95-97(91-71,79(10,11)12)80(13,14)15/h28-54H,1-27H3. The van der Waals surface area contributed by atoms with Crippen molar-refractivity contribution in [2.24, 2.45) is 0 Å². The quantitative estimate of drug-likeness (QED) is 0.0885. The fourth-order valence-corrected chi connectivity index (χ4v) is 43.5. The highest BCUT2D eigenvalue weighted by Crippen LogP contribution is 2.65. The van der Waals surface area contributed by atoms with E-state index in [1.54, 1.807) is 0 Å². The van der Waals surface area contributed by atoms with Gasteiger partial charge in [-0.15, -0.1) is 0 Å². The molecule has 0 amide bonds. The van der Waals surface area contributed by atoms with Crippen LogP contribution in [0.2, 0.25) is 40.3 Å². The van der Waals surface area contributed by atoms with Gasteiger partial charge < -0.3 is 30.7 Å². The molecule has 0 saturated heterocycles. The zero-order valence-corrected chi connectivity index (χ0v) is 68.2. The molecule has 0 unspecified atom stereocenters. The molecule has 0 bridgehead atoms. The first-order chi connectivity index (χ1) is 45.7. The van der Waals surface area contributed by atoms with Gasteiger partial charge in [0.1, 0.15) is 40.3 Å². The van der Waals surface area contributed by atoms with Crippen LogP contribution in [0.5, 0.6) is 34.5 Å². The summed E-state index contributed by atoms with van der Waals surface area (Å²) in [6.45, 7) is 61.8. The lowest BCUT2D eigenvalue weighted by atomic mass is 9.88.